The number of hydrogen-bond donors (Lipinski definition) is 2. The van der Waals surface area contributed by atoms with Crippen LogP contribution in [0.2, 0.25) is 0 Å². The van der Waals surface area contributed by atoms with Crippen molar-refractivity contribution in [1.29, 1.82) is 0 Å². The molecule has 0 radical (unpaired) electrons. The molecule has 0 aliphatic rings. The fraction of sp³-hybridized carbons (Fsp3) is 0.333. The second kappa shape index (κ2) is 5.98. The number of hydrogen-bond acceptors (Lipinski definition) is 2. The lowest BCUT2D eigenvalue weighted by atomic mass is 10.1. The maximum absolute atomic E-state index is 12.6. The van der Waals surface area contributed by atoms with E-state index in [9.17, 15) is 14.0 Å². The van der Waals surface area contributed by atoms with Gasteiger partial charge in [0.2, 0.25) is 0 Å². The number of ketones is 1. The predicted octanol–water partition coefficient (Wildman–Crippen LogP) is 2.17. The van der Waals surface area contributed by atoms with Gasteiger partial charge in [0.05, 0.1) is 6.54 Å². The summed E-state index contributed by atoms with van der Waals surface area (Å²) in [5, 5.41) is 4.93. The van der Waals surface area contributed by atoms with E-state index >= 15 is 0 Å². The molecular weight excluding hydrogens is 223 g/mol. The maximum Gasteiger partial charge on any atom is 0.319 e. The molecule has 0 aromatic heterocycles. The van der Waals surface area contributed by atoms with Crippen molar-refractivity contribution in [1.82, 2.24) is 5.32 Å². The summed E-state index contributed by atoms with van der Waals surface area (Å²) >= 11 is 0. The molecule has 0 bridgehead atoms. The third kappa shape index (κ3) is 4.63. The van der Waals surface area contributed by atoms with Crippen LogP contribution in [0.25, 0.3) is 0 Å². The van der Waals surface area contributed by atoms with E-state index in [1.165, 1.54) is 24.3 Å². The molecule has 4 nitrogen and oxygen atoms in total. The number of halogens is 1. The minimum Gasteiger partial charge on any atom is -0.331 e. The Morgan fingerprint density at radius 3 is 2.35 bits per heavy atom. The monoisotopic (exact) mass is 238 g/mol. The minimum atomic E-state index is -0.481. The van der Waals surface area contributed by atoms with Gasteiger partial charge in [-0.25, -0.2) is 9.18 Å². The predicted molar refractivity (Wildman–Crippen MR) is 63.3 cm³/mol. The number of benzene rings is 1. The highest BCUT2D eigenvalue weighted by molar-refractivity contribution is 5.93. The van der Waals surface area contributed by atoms with E-state index in [0.29, 0.717) is 5.69 Å². The Bertz CT molecular complexity index is 401. The molecular formula is C12H15FN2O2. The number of Topliss-reactive ketones (excluding diaryl/α,β-unsaturated/α-hetero) is 1. The van der Waals surface area contributed by atoms with Gasteiger partial charge in [-0.2, -0.15) is 0 Å². The van der Waals surface area contributed by atoms with Crippen LogP contribution in [0, 0.1) is 11.7 Å². The molecule has 0 spiro atoms. The third-order valence-corrected chi connectivity index (χ3v) is 2.17. The Morgan fingerprint density at radius 1 is 1.24 bits per heavy atom. The smallest absolute Gasteiger partial charge is 0.319 e. The Balaban J connectivity index is 2.40. The molecule has 1 aromatic rings. The molecule has 0 saturated carbocycles. The lowest BCUT2D eigenvalue weighted by Gasteiger charge is -2.08. The van der Waals surface area contributed by atoms with Gasteiger partial charge >= 0.3 is 6.03 Å². The van der Waals surface area contributed by atoms with E-state index in [4.69, 9.17) is 0 Å². The molecule has 5 heteroatoms. The van der Waals surface area contributed by atoms with Gasteiger partial charge in [0, 0.05) is 11.6 Å². The molecule has 0 unspecified atom stereocenters. The maximum atomic E-state index is 12.6. The zero-order valence-corrected chi connectivity index (χ0v) is 9.79. The van der Waals surface area contributed by atoms with E-state index in [1.807, 2.05) is 0 Å². The summed E-state index contributed by atoms with van der Waals surface area (Å²) in [7, 11) is 0. The number of anilines is 1. The summed E-state index contributed by atoms with van der Waals surface area (Å²) in [6.45, 7) is 3.52. The molecule has 2 amide bonds. The molecule has 0 fully saturated rings. The second-order valence-electron chi connectivity index (χ2n) is 3.94. The number of carbonyl (C=O) groups is 2. The van der Waals surface area contributed by atoms with E-state index in [-0.39, 0.29) is 24.1 Å². The number of carbonyl (C=O) groups excluding carboxylic acids is 2. The quantitative estimate of drug-likeness (QED) is 0.844. The van der Waals surface area contributed by atoms with Crippen molar-refractivity contribution in [2.75, 3.05) is 11.9 Å². The minimum absolute atomic E-state index is 0.00923. The van der Waals surface area contributed by atoms with Crippen molar-refractivity contribution < 1.29 is 14.0 Å². The molecule has 1 aromatic carbocycles. The number of amides is 2. The van der Waals surface area contributed by atoms with E-state index < -0.39 is 6.03 Å². The topological polar surface area (TPSA) is 58.2 Å². The van der Waals surface area contributed by atoms with Crippen LogP contribution in [0.1, 0.15) is 13.8 Å². The van der Waals surface area contributed by atoms with Crippen LogP contribution in [0.3, 0.4) is 0 Å². The van der Waals surface area contributed by atoms with Crippen LogP contribution in [-0.4, -0.2) is 18.4 Å². The van der Waals surface area contributed by atoms with Crippen LogP contribution in [0.5, 0.6) is 0 Å². The highest BCUT2D eigenvalue weighted by Gasteiger charge is 2.08. The number of urea groups is 1. The zero-order chi connectivity index (χ0) is 12.8. The largest absolute Gasteiger partial charge is 0.331 e. The van der Waals surface area contributed by atoms with E-state index in [0.717, 1.165) is 0 Å². The summed E-state index contributed by atoms with van der Waals surface area (Å²) in [4.78, 5) is 22.6. The Morgan fingerprint density at radius 2 is 1.82 bits per heavy atom. The van der Waals surface area contributed by atoms with Crippen LogP contribution < -0.4 is 10.6 Å². The Kier molecular flexibility index (Phi) is 4.63. The summed E-state index contributed by atoms with van der Waals surface area (Å²) < 4.78 is 12.6. The van der Waals surface area contributed by atoms with Crippen LogP contribution in [0.4, 0.5) is 14.9 Å². The van der Waals surface area contributed by atoms with Crippen molar-refractivity contribution >= 4 is 17.5 Å². The second-order valence-corrected chi connectivity index (χ2v) is 3.94. The normalized spacial score (nSPS) is 10.1. The molecule has 0 aliphatic heterocycles. The van der Waals surface area contributed by atoms with Crippen LogP contribution >= 0.6 is 0 Å². The molecule has 0 saturated heterocycles. The number of nitrogens with one attached hydrogen (secondary N) is 2. The van der Waals surface area contributed by atoms with Gasteiger partial charge in [0.15, 0.2) is 5.78 Å². The molecule has 17 heavy (non-hydrogen) atoms. The first-order valence-electron chi connectivity index (χ1n) is 5.32. The highest BCUT2D eigenvalue weighted by atomic mass is 19.1. The van der Waals surface area contributed by atoms with Gasteiger partial charge < -0.3 is 10.6 Å². The summed E-state index contributed by atoms with van der Waals surface area (Å²) in [5.41, 5.74) is 0.473. The van der Waals surface area contributed by atoms with Crippen LogP contribution in [0.15, 0.2) is 24.3 Å². The average Bonchev–Trinajstić information content (AvgIpc) is 2.29. The average molecular weight is 238 g/mol. The first-order chi connectivity index (χ1) is 7.99. The van der Waals surface area contributed by atoms with Crippen molar-refractivity contribution in [3.8, 4) is 0 Å². The SMILES string of the molecule is CC(C)C(=O)CNC(=O)Nc1ccc(F)cc1. The van der Waals surface area contributed by atoms with Gasteiger partial charge in [-0.1, -0.05) is 13.8 Å². The molecule has 1 rings (SSSR count). The van der Waals surface area contributed by atoms with Gasteiger partial charge in [-0.3, -0.25) is 4.79 Å². The number of rotatable bonds is 4. The van der Waals surface area contributed by atoms with Crippen molar-refractivity contribution in [2.45, 2.75) is 13.8 Å². The summed E-state index contributed by atoms with van der Waals surface area (Å²) in [5.74, 6) is -0.522. The third-order valence-electron chi connectivity index (χ3n) is 2.17. The molecule has 0 aliphatic carbocycles. The van der Waals surface area contributed by atoms with E-state index in [2.05, 4.69) is 10.6 Å². The Hall–Kier alpha value is -1.91. The van der Waals surface area contributed by atoms with Crippen molar-refractivity contribution in [3.63, 3.8) is 0 Å². The Labute approximate surface area is 99.2 Å². The summed E-state index contributed by atoms with van der Waals surface area (Å²) in [6.07, 6.45) is 0. The lowest BCUT2D eigenvalue weighted by Crippen LogP contribution is -2.34. The zero-order valence-electron chi connectivity index (χ0n) is 9.79. The van der Waals surface area contributed by atoms with Gasteiger partial charge in [-0.15, -0.1) is 0 Å². The highest BCUT2D eigenvalue weighted by Crippen LogP contribution is 2.07. The summed E-state index contributed by atoms with van der Waals surface area (Å²) in [6, 6.07) is 4.90. The first kappa shape index (κ1) is 13.2. The lowest BCUT2D eigenvalue weighted by molar-refractivity contribution is -0.120. The standard InChI is InChI=1S/C12H15FN2O2/c1-8(2)11(16)7-14-12(17)15-10-5-3-9(13)4-6-10/h3-6,8H,7H2,1-2H3,(H2,14,15,17). The van der Waals surface area contributed by atoms with Crippen molar-refractivity contribution in [2.24, 2.45) is 5.92 Å². The molecule has 2 N–H and O–H groups in total. The van der Waals surface area contributed by atoms with Crippen LogP contribution in [-0.2, 0) is 4.79 Å². The van der Waals surface area contributed by atoms with Gasteiger partial charge in [0.25, 0.3) is 0 Å². The van der Waals surface area contributed by atoms with E-state index in [1.54, 1.807) is 13.8 Å². The molecule has 0 atom stereocenters. The van der Waals surface area contributed by atoms with Gasteiger partial charge in [-0.05, 0) is 24.3 Å². The fourth-order valence-corrected chi connectivity index (χ4v) is 1.08. The fourth-order valence-electron chi connectivity index (χ4n) is 1.08. The molecule has 0 heterocycles. The van der Waals surface area contributed by atoms with Crippen molar-refractivity contribution in [3.05, 3.63) is 30.1 Å². The first-order valence-corrected chi connectivity index (χ1v) is 5.32. The van der Waals surface area contributed by atoms with Gasteiger partial charge in [0.1, 0.15) is 5.82 Å². The molecule has 92 valence electrons.